The molecule has 0 radical (unpaired) electrons. The van der Waals surface area contributed by atoms with E-state index in [0.29, 0.717) is 11.5 Å². The molecule has 2 aromatic heterocycles. The number of imidazole rings is 1. The van der Waals surface area contributed by atoms with Crippen LogP contribution in [0.4, 0.5) is 19.0 Å². The van der Waals surface area contributed by atoms with Gasteiger partial charge in [-0.1, -0.05) is 6.07 Å². The van der Waals surface area contributed by atoms with E-state index < -0.39 is 18.6 Å². The summed E-state index contributed by atoms with van der Waals surface area (Å²) in [5.41, 5.74) is 0.703. The number of hydrogen-bond donors (Lipinski definition) is 1. The zero-order chi connectivity index (χ0) is 12.5. The first-order valence-corrected chi connectivity index (χ1v) is 5.21. The molecule has 0 aliphatic carbocycles. The molecule has 0 spiro atoms. The van der Waals surface area contributed by atoms with Crippen LogP contribution in [-0.4, -0.2) is 21.6 Å². The topological polar surface area (TPSA) is 29.3 Å². The molecule has 0 aliphatic rings. The Morgan fingerprint density at radius 3 is 2.88 bits per heavy atom. The zero-order valence-electron chi connectivity index (χ0n) is 9.20. The molecule has 0 fully saturated rings. The minimum absolute atomic E-state index is 0.608. The molecular formula is C11H12F3N3. The third kappa shape index (κ3) is 2.89. The molecule has 1 unspecified atom stereocenters. The lowest BCUT2D eigenvalue weighted by atomic mass is 10.2. The van der Waals surface area contributed by atoms with E-state index in [1.54, 1.807) is 35.0 Å². The van der Waals surface area contributed by atoms with Gasteiger partial charge < -0.3 is 5.32 Å². The van der Waals surface area contributed by atoms with Gasteiger partial charge in [-0.25, -0.2) is 4.98 Å². The van der Waals surface area contributed by atoms with Crippen LogP contribution in [-0.2, 0) is 0 Å². The van der Waals surface area contributed by atoms with Crippen LogP contribution in [0.15, 0.2) is 30.6 Å². The number of rotatable bonds is 3. The van der Waals surface area contributed by atoms with Gasteiger partial charge in [0, 0.05) is 18.4 Å². The van der Waals surface area contributed by atoms with Crippen molar-refractivity contribution in [1.29, 1.82) is 0 Å². The Bertz CT molecular complexity index is 504. The second-order valence-corrected chi connectivity index (χ2v) is 3.93. The quantitative estimate of drug-likeness (QED) is 0.897. The monoisotopic (exact) mass is 243 g/mol. The van der Waals surface area contributed by atoms with E-state index in [1.165, 1.54) is 6.92 Å². The number of alkyl halides is 3. The molecule has 0 bridgehead atoms. The third-order valence-corrected chi connectivity index (χ3v) is 2.36. The highest BCUT2D eigenvalue weighted by molar-refractivity contribution is 5.50. The average Bonchev–Trinajstić information content (AvgIpc) is 2.63. The minimum Gasteiger partial charge on any atom is -0.368 e. The Kier molecular flexibility index (Phi) is 2.95. The van der Waals surface area contributed by atoms with Gasteiger partial charge in [-0.2, -0.15) is 13.2 Å². The van der Waals surface area contributed by atoms with Gasteiger partial charge in [0.2, 0.25) is 0 Å². The van der Waals surface area contributed by atoms with Gasteiger partial charge in [0.25, 0.3) is 0 Å². The van der Waals surface area contributed by atoms with Crippen LogP contribution >= 0.6 is 0 Å². The largest absolute Gasteiger partial charge is 0.391 e. The summed E-state index contributed by atoms with van der Waals surface area (Å²) in [4.78, 5) is 4.06. The molecule has 1 N–H and O–H groups in total. The molecule has 6 heteroatoms. The summed E-state index contributed by atoms with van der Waals surface area (Å²) < 4.78 is 38.3. The molecule has 17 heavy (non-hydrogen) atoms. The molecule has 2 heterocycles. The van der Waals surface area contributed by atoms with E-state index in [-0.39, 0.29) is 0 Å². The Morgan fingerprint density at radius 2 is 2.18 bits per heavy atom. The Labute approximate surface area is 96.3 Å². The van der Waals surface area contributed by atoms with Gasteiger partial charge in [0.1, 0.15) is 11.5 Å². The third-order valence-electron chi connectivity index (χ3n) is 2.36. The normalized spacial score (nSPS) is 13.9. The maximum Gasteiger partial charge on any atom is 0.391 e. The van der Waals surface area contributed by atoms with Gasteiger partial charge in [0.15, 0.2) is 0 Å². The van der Waals surface area contributed by atoms with Crippen LogP contribution in [0.2, 0.25) is 0 Å². The van der Waals surface area contributed by atoms with Crippen molar-refractivity contribution in [3.63, 3.8) is 0 Å². The van der Waals surface area contributed by atoms with E-state index in [4.69, 9.17) is 0 Å². The number of pyridine rings is 1. The first-order chi connectivity index (χ1) is 7.96. The van der Waals surface area contributed by atoms with Crippen LogP contribution in [0.5, 0.6) is 0 Å². The number of nitrogens with zero attached hydrogens (tertiary/aromatic N) is 2. The number of halogens is 3. The maximum absolute atomic E-state index is 12.2. The van der Waals surface area contributed by atoms with Gasteiger partial charge in [-0.15, -0.1) is 0 Å². The van der Waals surface area contributed by atoms with Gasteiger partial charge in [-0.3, -0.25) is 4.40 Å². The molecule has 2 aromatic rings. The highest BCUT2D eigenvalue weighted by Crippen LogP contribution is 2.23. The second kappa shape index (κ2) is 4.27. The highest BCUT2D eigenvalue weighted by Gasteiger charge is 2.30. The fraction of sp³-hybridized carbons (Fsp3) is 0.364. The number of aromatic nitrogens is 2. The summed E-state index contributed by atoms with van der Waals surface area (Å²) in [6.07, 6.45) is -1.71. The van der Waals surface area contributed by atoms with Crippen LogP contribution < -0.4 is 5.32 Å². The summed E-state index contributed by atoms with van der Waals surface area (Å²) >= 11 is 0. The predicted molar refractivity (Wildman–Crippen MR) is 58.9 cm³/mol. The van der Waals surface area contributed by atoms with Crippen molar-refractivity contribution in [3.05, 3.63) is 30.6 Å². The Hall–Kier alpha value is -1.72. The highest BCUT2D eigenvalue weighted by atomic mass is 19.4. The molecule has 0 amide bonds. The number of hydrogen-bond acceptors (Lipinski definition) is 2. The maximum atomic E-state index is 12.2. The summed E-state index contributed by atoms with van der Waals surface area (Å²) in [7, 11) is 0. The smallest absolute Gasteiger partial charge is 0.368 e. The molecule has 0 saturated heterocycles. The predicted octanol–water partition coefficient (Wildman–Crippen LogP) is 3.09. The van der Waals surface area contributed by atoms with Crippen LogP contribution in [0, 0.1) is 0 Å². The lowest BCUT2D eigenvalue weighted by Gasteiger charge is -2.17. The van der Waals surface area contributed by atoms with Crippen molar-refractivity contribution >= 4 is 11.5 Å². The van der Waals surface area contributed by atoms with Gasteiger partial charge in [0.05, 0.1) is 6.42 Å². The van der Waals surface area contributed by atoms with Gasteiger partial charge >= 0.3 is 6.18 Å². The average molecular weight is 243 g/mol. The Balaban J connectivity index is 2.15. The first kappa shape index (κ1) is 11.8. The fourth-order valence-electron chi connectivity index (χ4n) is 1.72. The number of fused-ring (bicyclic) bond motifs is 1. The van der Waals surface area contributed by atoms with Crippen molar-refractivity contribution in [3.8, 4) is 0 Å². The molecule has 1 atom stereocenters. The van der Waals surface area contributed by atoms with Crippen molar-refractivity contribution in [2.24, 2.45) is 0 Å². The van der Waals surface area contributed by atoms with Crippen LogP contribution in [0.1, 0.15) is 13.3 Å². The SMILES string of the molecule is CC(CC(F)(F)F)Nc1cccc2nccn12. The van der Waals surface area contributed by atoms with E-state index in [0.717, 1.165) is 0 Å². The molecular weight excluding hydrogens is 231 g/mol. The number of nitrogens with one attached hydrogen (secondary N) is 1. The zero-order valence-corrected chi connectivity index (χ0v) is 9.20. The van der Waals surface area contributed by atoms with E-state index in [9.17, 15) is 13.2 Å². The molecule has 0 aliphatic heterocycles. The van der Waals surface area contributed by atoms with Crippen molar-refractivity contribution in [1.82, 2.24) is 9.38 Å². The summed E-state index contributed by atoms with van der Waals surface area (Å²) in [6.45, 7) is 1.50. The standard InChI is InChI=1S/C11H12F3N3/c1-8(7-11(12,13)14)16-10-4-2-3-9-15-5-6-17(9)10/h2-6,8,16H,7H2,1H3. The summed E-state index contributed by atoms with van der Waals surface area (Å²) in [5, 5.41) is 2.83. The fourth-order valence-corrected chi connectivity index (χ4v) is 1.72. The summed E-state index contributed by atoms with van der Waals surface area (Å²) in [5.74, 6) is 0.608. The molecule has 92 valence electrons. The number of anilines is 1. The van der Waals surface area contributed by atoms with Gasteiger partial charge in [-0.05, 0) is 19.1 Å². The van der Waals surface area contributed by atoms with E-state index in [2.05, 4.69) is 10.3 Å². The van der Waals surface area contributed by atoms with Crippen molar-refractivity contribution in [2.45, 2.75) is 25.6 Å². The lowest BCUT2D eigenvalue weighted by molar-refractivity contribution is -0.136. The van der Waals surface area contributed by atoms with Crippen molar-refractivity contribution in [2.75, 3.05) is 5.32 Å². The van der Waals surface area contributed by atoms with E-state index >= 15 is 0 Å². The molecule has 2 rings (SSSR count). The Morgan fingerprint density at radius 1 is 1.41 bits per heavy atom. The van der Waals surface area contributed by atoms with Crippen molar-refractivity contribution < 1.29 is 13.2 Å². The minimum atomic E-state index is -4.16. The molecule has 0 aromatic carbocycles. The second-order valence-electron chi connectivity index (χ2n) is 3.93. The first-order valence-electron chi connectivity index (χ1n) is 5.21. The van der Waals surface area contributed by atoms with E-state index in [1.807, 2.05) is 0 Å². The van der Waals surface area contributed by atoms with Crippen LogP contribution in [0.25, 0.3) is 5.65 Å². The molecule has 3 nitrogen and oxygen atoms in total. The van der Waals surface area contributed by atoms with Crippen LogP contribution in [0.3, 0.4) is 0 Å². The summed E-state index contributed by atoms with van der Waals surface area (Å²) in [6, 6.07) is 4.59. The molecule has 0 saturated carbocycles. The lowest BCUT2D eigenvalue weighted by Crippen LogP contribution is -2.24.